The van der Waals surface area contributed by atoms with E-state index >= 15 is 0 Å². The molecule has 2 unspecified atom stereocenters. The van der Waals surface area contributed by atoms with Crippen molar-refractivity contribution in [3.05, 3.63) is 0 Å². The molecule has 0 saturated heterocycles. The fraction of sp³-hybridized carbons (Fsp3) is 0.818. The van der Waals surface area contributed by atoms with Crippen LogP contribution in [-0.2, 0) is 9.59 Å². The average Bonchev–Trinajstić information content (AvgIpc) is 3.07. The Morgan fingerprint density at radius 2 is 2.18 bits per heavy atom. The van der Waals surface area contributed by atoms with E-state index in [9.17, 15) is 9.59 Å². The summed E-state index contributed by atoms with van der Waals surface area (Å²) in [6.07, 6.45) is 5.27. The van der Waals surface area contributed by atoms with Gasteiger partial charge in [-0.2, -0.15) is 11.8 Å². The highest BCUT2D eigenvalue weighted by Crippen LogP contribution is 2.33. The molecule has 1 saturated carbocycles. The first-order valence-electron chi connectivity index (χ1n) is 5.82. The van der Waals surface area contributed by atoms with Crippen LogP contribution in [-0.4, -0.2) is 41.1 Å². The molecule has 0 radical (unpaired) electrons. The zero-order chi connectivity index (χ0) is 12.8. The van der Waals surface area contributed by atoms with E-state index in [2.05, 4.69) is 5.32 Å². The fourth-order valence-electron chi connectivity index (χ4n) is 1.59. The van der Waals surface area contributed by atoms with Gasteiger partial charge >= 0.3 is 5.97 Å². The van der Waals surface area contributed by atoms with Crippen LogP contribution in [0.15, 0.2) is 0 Å². The van der Waals surface area contributed by atoms with Crippen LogP contribution in [0.3, 0.4) is 0 Å². The first-order chi connectivity index (χ1) is 8.04. The lowest BCUT2D eigenvalue weighted by atomic mass is 10.1. The third kappa shape index (κ3) is 5.41. The van der Waals surface area contributed by atoms with E-state index in [1.165, 1.54) is 0 Å². The molecule has 1 rings (SSSR count). The van der Waals surface area contributed by atoms with Crippen molar-refractivity contribution in [2.24, 2.45) is 11.7 Å². The van der Waals surface area contributed by atoms with Crippen molar-refractivity contribution in [1.82, 2.24) is 5.32 Å². The third-order valence-electron chi connectivity index (χ3n) is 2.85. The number of carboxylic acids is 1. The Bertz CT molecular complexity index is 282. The largest absolute Gasteiger partial charge is 0.480 e. The number of hydrogen-bond acceptors (Lipinski definition) is 4. The summed E-state index contributed by atoms with van der Waals surface area (Å²) >= 11 is 1.56. The molecule has 6 heteroatoms. The molecule has 0 aliphatic heterocycles. The number of aliphatic carboxylic acids is 1. The number of nitrogens with two attached hydrogens (primary N) is 1. The molecule has 1 fully saturated rings. The fourth-order valence-corrected chi connectivity index (χ4v) is 2.06. The van der Waals surface area contributed by atoms with Gasteiger partial charge in [0.15, 0.2) is 0 Å². The minimum Gasteiger partial charge on any atom is -0.480 e. The second-order valence-electron chi connectivity index (χ2n) is 4.47. The monoisotopic (exact) mass is 260 g/mol. The van der Waals surface area contributed by atoms with Crippen LogP contribution in [0, 0.1) is 5.92 Å². The maximum Gasteiger partial charge on any atom is 0.326 e. The van der Waals surface area contributed by atoms with E-state index in [1.807, 2.05) is 6.26 Å². The Morgan fingerprint density at radius 1 is 1.53 bits per heavy atom. The average molecular weight is 260 g/mol. The maximum atomic E-state index is 11.7. The van der Waals surface area contributed by atoms with E-state index in [1.54, 1.807) is 11.8 Å². The molecule has 1 aliphatic rings. The Hall–Kier alpha value is -0.750. The SMILES string of the molecule is CSCCC(NC(=O)C(N)CC1CC1)C(=O)O. The number of rotatable bonds is 8. The third-order valence-corrected chi connectivity index (χ3v) is 3.49. The number of carbonyl (C=O) groups excluding carboxylic acids is 1. The van der Waals surface area contributed by atoms with E-state index < -0.39 is 18.1 Å². The van der Waals surface area contributed by atoms with Crippen LogP contribution >= 0.6 is 11.8 Å². The van der Waals surface area contributed by atoms with E-state index in [0.29, 0.717) is 24.5 Å². The number of carbonyl (C=O) groups is 2. The normalized spacial score (nSPS) is 18.5. The lowest BCUT2D eigenvalue weighted by Crippen LogP contribution is -2.48. The summed E-state index contributed by atoms with van der Waals surface area (Å²) in [7, 11) is 0. The zero-order valence-electron chi connectivity index (χ0n) is 10.0. The summed E-state index contributed by atoms with van der Waals surface area (Å²) in [6, 6.07) is -1.39. The summed E-state index contributed by atoms with van der Waals surface area (Å²) in [6.45, 7) is 0. The molecule has 0 aromatic heterocycles. The molecule has 1 aliphatic carbocycles. The predicted octanol–water partition coefficient (Wildman–Crippen LogP) is 0.436. The number of nitrogens with one attached hydrogen (secondary N) is 1. The van der Waals surface area contributed by atoms with Gasteiger partial charge < -0.3 is 16.2 Å². The number of thioether (sulfide) groups is 1. The first kappa shape index (κ1) is 14.3. The van der Waals surface area contributed by atoms with Crippen molar-refractivity contribution in [2.75, 3.05) is 12.0 Å². The van der Waals surface area contributed by atoms with Gasteiger partial charge in [-0.05, 0) is 30.8 Å². The molecule has 0 spiro atoms. The second kappa shape index (κ2) is 6.86. The summed E-state index contributed by atoms with van der Waals surface area (Å²) in [4.78, 5) is 22.6. The highest BCUT2D eigenvalue weighted by molar-refractivity contribution is 7.98. The van der Waals surface area contributed by atoms with Crippen LogP contribution in [0.4, 0.5) is 0 Å². The quantitative estimate of drug-likeness (QED) is 0.589. The van der Waals surface area contributed by atoms with Crippen LogP contribution < -0.4 is 11.1 Å². The molecular formula is C11H20N2O3S. The molecule has 1 amide bonds. The summed E-state index contributed by atoms with van der Waals surface area (Å²) in [5.41, 5.74) is 5.73. The van der Waals surface area contributed by atoms with Gasteiger partial charge in [-0.3, -0.25) is 4.79 Å². The summed E-state index contributed by atoms with van der Waals surface area (Å²) < 4.78 is 0. The van der Waals surface area contributed by atoms with Crippen LogP contribution in [0.5, 0.6) is 0 Å². The second-order valence-corrected chi connectivity index (χ2v) is 5.45. The van der Waals surface area contributed by atoms with Gasteiger partial charge in [0.1, 0.15) is 6.04 Å². The highest BCUT2D eigenvalue weighted by atomic mass is 32.2. The molecule has 2 atom stereocenters. The van der Waals surface area contributed by atoms with Gasteiger partial charge in [-0.25, -0.2) is 4.79 Å². The number of hydrogen-bond donors (Lipinski definition) is 3. The standard InChI is InChI=1S/C11H20N2O3S/c1-17-5-4-9(11(15)16)13-10(14)8(12)6-7-2-3-7/h7-9H,2-6,12H2,1H3,(H,13,14)(H,15,16). The number of amides is 1. The molecule has 98 valence electrons. The Balaban J connectivity index is 2.35. The lowest BCUT2D eigenvalue weighted by molar-refractivity contribution is -0.142. The predicted molar refractivity (Wildman–Crippen MR) is 67.9 cm³/mol. The van der Waals surface area contributed by atoms with Crippen molar-refractivity contribution in [3.63, 3.8) is 0 Å². The molecule has 17 heavy (non-hydrogen) atoms. The lowest BCUT2D eigenvalue weighted by Gasteiger charge is -2.17. The summed E-state index contributed by atoms with van der Waals surface area (Å²) in [5.74, 6) is -0.0728. The Kier molecular flexibility index (Phi) is 5.77. The van der Waals surface area contributed by atoms with E-state index in [0.717, 1.165) is 12.8 Å². The maximum absolute atomic E-state index is 11.7. The van der Waals surface area contributed by atoms with Crippen molar-refractivity contribution < 1.29 is 14.7 Å². The first-order valence-corrected chi connectivity index (χ1v) is 7.21. The molecule has 0 aromatic carbocycles. The van der Waals surface area contributed by atoms with Gasteiger partial charge in [0.05, 0.1) is 6.04 Å². The Morgan fingerprint density at radius 3 is 2.65 bits per heavy atom. The van der Waals surface area contributed by atoms with E-state index in [4.69, 9.17) is 10.8 Å². The number of carboxylic acid groups (broad SMARTS) is 1. The molecule has 0 bridgehead atoms. The minimum absolute atomic E-state index is 0.342. The molecule has 5 nitrogen and oxygen atoms in total. The van der Waals surface area contributed by atoms with Crippen LogP contribution in [0.1, 0.15) is 25.7 Å². The topological polar surface area (TPSA) is 92.4 Å². The van der Waals surface area contributed by atoms with Crippen LogP contribution in [0.25, 0.3) is 0 Å². The highest BCUT2D eigenvalue weighted by Gasteiger charge is 2.29. The van der Waals surface area contributed by atoms with Gasteiger partial charge in [0.25, 0.3) is 0 Å². The van der Waals surface area contributed by atoms with Crippen molar-refractivity contribution in [1.29, 1.82) is 0 Å². The smallest absolute Gasteiger partial charge is 0.326 e. The van der Waals surface area contributed by atoms with Gasteiger partial charge in [-0.1, -0.05) is 12.8 Å². The van der Waals surface area contributed by atoms with Gasteiger partial charge in [0.2, 0.25) is 5.91 Å². The Labute approximate surface area is 106 Å². The van der Waals surface area contributed by atoms with Crippen molar-refractivity contribution in [3.8, 4) is 0 Å². The van der Waals surface area contributed by atoms with Crippen molar-refractivity contribution in [2.45, 2.75) is 37.8 Å². The minimum atomic E-state index is -0.994. The van der Waals surface area contributed by atoms with Crippen molar-refractivity contribution >= 4 is 23.6 Å². The zero-order valence-corrected chi connectivity index (χ0v) is 10.8. The van der Waals surface area contributed by atoms with Crippen LogP contribution in [0.2, 0.25) is 0 Å². The molecular weight excluding hydrogens is 240 g/mol. The molecule has 4 N–H and O–H groups in total. The molecule has 0 aromatic rings. The van der Waals surface area contributed by atoms with E-state index in [-0.39, 0.29) is 5.91 Å². The summed E-state index contributed by atoms with van der Waals surface area (Å²) in [5, 5.41) is 11.5. The molecule has 0 heterocycles. The van der Waals surface area contributed by atoms with Gasteiger partial charge in [0, 0.05) is 0 Å². The van der Waals surface area contributed by atoms with Gasteiger partial charge in [-0.15, -0.1) is 0 Å².